The van der Waals surface area contributed by atoms with E-state index in [9.17, 15) is 0 Å². The minimum absolute atomic E-state index is 0.0429. The fraction of sp³-hybridized carbons (Fsp3) is 0.250. The van der Waals surface area contributed by atoms with E-state index in [2.05, 4.69) is 0 Å². The van der Waals surface area contributed by atoms with Crippen molar-refractivity contribution in [3.05, 3.63) is 53.1 Å². The molecule has 2 aromatic rings. The highest BCUT2D eigenvalue weighted by Gasteiger charge is 2.07. The fourth-order valence-corrected chi connectivity index (χ4v) is 2.06. The Kier molecular flexibility index (Phi) is 4.53. The highest BCUT2D eigenvalue weighted by molar-refractivity contribution is 6.32. The molecule has 0 spiro atoms. The second kappa shape index (κ2) is 6.16. The van der Waals surface area contributed by atoms with Crippen molar-refractivity contribution in [3.63, 3.8) is 0 Å². The van der Waals surface area contributed by atoms with Gasteiger partial charge in [0.05, 0.1) is 5.02 Å². The first-order valence-electron chi connectivity index (χ1n) is 6.47. The van der Waals surface area contributed by atoms with E-state index in [1.54, 1.807) is 0 Å². The van der Waals surface area contributed by atoms with Gasteiger partial charge in [-0.1, -0.05) is 23.7 Å². The molecule has 0 saturated carbocycles. The molecule has 2 rings (SSSR count). The molecule has 0 aliphatic rings. The van der Waals surface area contributed by atoms with Crippen molar-refractivity contribution in [3.8, 4) is 11.5 Å². The molecule has 0 aliphatic heterocycles. The van der Waals surface area contributed by atoms with E-state index in [0.717, 1.165) is 17.0 Å². The van der Waals surface area contributed by atoms with Crippen LogP contribution in [0.3, 0.4) is 0 Å². The van der Waals surface area contributed by atoms with Crippen molar-refractivity contribution >= 4 is 17.3 Å². The maximum absolute atomic E-state index is 6.23. The Balaban J connectivity index is 2.24. The van der Waals surface area contributed by atoms with Gasteiger partial charge in [0.2, 0.25) is 0 Å². The summed E-state index contributed by atoms with van der Waals surface area (Å²) >= 11 is 6.23. The molecule has 0 aliphatic carbocycles. The Labute approximate surface area is 124 Å². The first-order chi connectivity index (χ1) is 9.47. The van der Waals surface area contributed by atoms with E-state index in [1.165, 1.54) is 0 Å². The third-order valence-electron chi connectivity index (χ3n) is 3.04. The summed E-state index contributed by atoms with van der Waals surface area (Å²) in [4.78, 5) is 2.02. The van der Waals surface area contributed by atoms with Gasteiger partial charge in [-0.2, -0.15) is 0 Å². The van der Waals surface area contributed by atoms with Crippen molar-refractivity contribution < 1.29 is 4.74 Å². The number of hydrogen-bond acceptors (Lipinski definition) is 3. The predicted octanol–water partition coefficient (Wildman–Crippen LogP) is 4.22. The van der Waals surface area contributed by atoms with Crippen LogP contribution in [0.5, 0.6) is 11.5 Å². The topological polar surface area (TPSA) is 38.5 Å². The lowest BCUT2D eigenvalue weighted by atomic mass is 10.1. The smallest absolute Gasteiger partial charge is 0.146 e. The van der Waals surface area contributed by atoms with Crippen molar-refractivity contribution in [2.24, 2.45) is 5.73 Å². The third kappa shape index (κ3) is 3.44. The minimum Gasteiger partial charge on any atom is -0.456 e. The van der Waals surface area contributed by atoms with Gasteiger partial charge in [0.25, 0.3) is 0 Å². The minimum atomic E-state index is -0.0429. The molecule has 0 unspecified atom stereocenters. The van der Waals surface area contributed by atoms with Crippen molar-refractivity contribution in [1.82, 2.24) is 0 Å². The number of rotatable bonds is 4. The SMILES string of the molecule is C[C@@H](N)c1ccc(Oc2cccc(N(C)C)c2)c(Cl)c1. The molecule has 0 radical (unpaired) electrons. The molecular weight excluding hydrogens is 272 g/mol. The highest BCUT2D eigenvalue weighted by atomic mass is 35.5. The first-order valence-corrected chi connectivity index (χ1v) is 6.85. The number of halogens is 1. The second-order valence-electron chi connectivity index (χ2n) is 4.97. The average molecular weight is 291 g/mol. The van der Waals surface area contributed by atoms with Crippen LogP contribution in [-0.2, 0) is 0 Å². The van der Waals surface area contributed by atoms with Crippen LogP contribution in [0.4, 0.5) is 5.69 Å². The van der Waals surface area contributed by atoms with Gasteiger partial charge in [-0.15, -0.1) is 0 Å². The molecule has 20 heavy (non-hydrogen) atoms. The van der Waals surface area contributed by atoms with Gasteiger partial charge in [-0.25, -0.2) is 0 Å². The predicted molar refractivity (Wildman–Crippen MR) is 84.9 cm³/mol. The van der Waals surface area contributed by atoms with Gasteiger partial charge in [-0.3, -0.25) is 0 Å². The molecular formula is C16H19ClN2O. The number of anilines is 1. The summed E-state index contributed by atoms with van der Waals surface area (Å²) in [5.74, 6) is 1.39. The second-order valence-corrected chi connectivity index (χ2v) is 5.38. The normalized spacial score (nSPS) is 12.1. The zero-order valence-corrected chi connectivity index (χ0v) is 12.7. The molecule has 4 heteroatoms. The maximum atomic E-state index is 6.23. The van der Waals surface area contributed by atoms with Gasteiger partial charge in [0, 0.05) is 31.9 Å². The van der Waals surface area contributed by atoms with E-state index in [0.29, 0.717) is 10.8 Å². The number of benzene rings is 2. The van der Waals surface area contributed by atoms with Crippen LogP contribution in [0.1, 0.15) is 18.5 Å². The summed E-state index contributed by atoms with van der Waals surface area (Å²) in [6.45, 7) is 1.92. The monoisotopic (exact) mass is 290 g/mol. The van der Waals surface area contributed by atoms with E-state index >= 15 is 0 Å². The zero-order valence-electron chi connectivity index (χ0n) is 11.9. The van der Waals surface area contributed by atoms with Crippen LogP contribution in [0, 0.1) is 0 Å². The lowest BCUT2D eigenvalue weighted by Crippen LogP contribution is -2.08. The van der Waals surface area contributed by atoms with Crippen LogP contribution in [0.25, 0.3) is 0 Å². The van der Waals surface area contributed by atoms with Gasteiger partial charge < -0.3 is 15.4 Å². The Bertz CT molecular complexity index is 597. The molecule has 3 nitrogen and oxygen atoms in total. The Morgan fingerprint density at radius 1 is 1.15 bits per heavy atom. The molecule has 0 bridgehead atoms. The molecule has 0 aromatic heterocycles. The summed E-state index contributed by atoms with van der Waals surface area (Å²) in [7, 11) is 3.98. The van der Waals surface area contributed by atoms with E-state index in [1.807, 2.05) is 68.4 Å². The summed E-state index contributed by atoms with van der Waals surface area (Å²) in [6, 6.07) is 13.4. The molecule has 0 amide bonds. The maximum Gasteiger partial charge on any atom is 0.146 e. The van der Waals surface area contributed by atoms with Crippen LogP contribution in [-0.4, -0.2) is 14.1 Å². The summed E-state index contributed by atoms with van der Waals surface area (Å²) in [6.07, 6.45) is 0. The van der Waals surface area contributed by atoms with Crippen LogP contribution in [0.15, 0.2) is 42.5 Å². The lowest BCUT2D eigenvalue weighted by molar-refractivity contribution is 0.482. The number of nitrogens with zero attached hydrogens (tertiary/aromatic N) is 1. The molecule has 2 aromatic carbocycles. The van der Waals surface area contributed by atoms with Gasteiger partial charge >= 0.3 is 0 Å². The number of hydrogen-bond donors (Lipinski definition) is 1. The molecule has 0 saturated heterocycles. The quantitative estimate of drug-likeness (QED) is 0.916. The van der Waals surface area contributed by atoms with E-state index in [4.69, 9.17) is 22.1 Å². The van der Waals surface area contributed by atoms with Crippen molar-refractivity contribution in [1.29, 1.82) is 0 Å². The fourth-order valence-electron chi connectivity index (χ4n) is 1.84. The van der Waals surface area contributed by atoms with E-state index < -0.39 is 0 Å². The summed E-state index contributed by atoms with van der Waals surface area (Å²) < 4.78 is 5.84. The molecule has 106 valence electrons. The van der Waals surface area contributed by atoms with Gasteiger partial charge in [-0.05, 0) is 36.8 Å². The lowest BCUT2D eigenvalue weighted by Gasteiger charge is -2.15. The highest BCUT2D eigenvalue weighted by Crippen LogP contribution is 2.32. The third-order valence-corrected chi connectivity index (χ3v) is 3.34. The Hall–Kier alpha value is -1.71. The van der Waals surface area contributed by atoms with Crippen molar-refractivity contribution in [2.45, 2.75) is 13.0 Å². The van der Waals surface area contributed by atoms with Crippen LogP contribution < -0.4 is 15.4 Å². The number of ether oxygens (including phenoxy) is 1. The summed E-state index contributed by atoms with van der Waals surface area (Å²) in [5.41, 5.74) is 7.90. The van der Waals surface area contributed by atoms with E-state index in [-0.39, 0.29) is 6.04 Å². The zero-order chi connectivity index (χ0) is 14.7. The van der Waals surface area contributed by atoms with Gasteiger partial charge in [0.15, 0.2) is 0 Å². The van der Waals surface area contributed by atoms with Gasteiger partial charge in [0.1, 0.15) is 11.5 Å². The standard InChI is InChI=1S/C16H19ClN2O/c1-11(18)12-7-8-16(15(17)9-12)20-14-6-4-5-13(10-14)19(2)3/h4-11H,18H2,1-3H3/t11-/m1/s1. The Morgan fingerprint density at radius 2 is 1.90 bits per heavy atom. The molecule has 0 fully saturated rings. The van der Waals surface area contributed by atoms with Crippen molar-refractivity contribution in [2.75, 3.05) is 19.0 Å². The average Bonchev–Trinajstić information content (AvgIpc) is 2.41. The largest absolute Gasteiger partial charge is 0.456 e. The molecule has 1 atom stereocenters. The molecule has 2 N–H and O–H groups in total. The van der Waals surface area contributed by atoms with Crippen LogP contribution >= 0.6 is 11.6 Å². The van der Waals surface area contributed by atoms with Crippen LogP contribution in [0.2, 0.25) is 5.02 Å². The summed E-state index contributed by atoms with van der Waals surface area (Å²) in [5, 5.41) is 0.565. The Morgan fingerprint density at radius 3 is 2.50 bits per heavy atom. The number of nitrogens with two attached hydrogens (primary N) is 1. The first kappa shape index (κ1) is 14.7. The molecule has 0 heterocycles.